The lowest BCUT2D eigenvalue weighted by Crippen LogP contribution is -2.06. The molecule has 1 N–H and O–H groups in total. The molecule has 1 aromatic rings. The average Bonchev–Trinajstić information content (AvgIpc) is 2.34. The molecule has 7 heteroatoms. The molecule has 98 valence electrons. The van der Waals surface area contributed by atoms with Crippen molar-refractivity contribution in [3.8, 4) is 0 Å². The van der Waals surface area contributed by atoms with E-state index < -0.39 is 46.2 Å². The van der Waals surface area contributed by atoms with Gasteiger partial charge in [-0.2, -0.15) is 0 Å². The van der Waals surface area contributed by atoms with Gasteiger partial charge in [0.2, 0.25) is 5.82 Å². The first-order valence-corrected chi connectivity index (χ1v) is 4.76. The number of rotatable bonds is 3. The predicted molar refractivity (Wildman–Crippen MR) is 52.1 cm³/mol. The maximum atomic E-state index is 13.2. The zero-order valence-electron chi connectivity index (χ0n) is 9.03. The van der Waals surface area contributed by atoms with Gasteiger partial charge in [-0.3, -0.25) is 0 Å². The van der Waals surface area contributed by atoms with Gasteiger partial charge in [0.25, 0.3) is 0 Å². The molecule has 1 aromatic carbocycles. The van der Waals surface area contributed by atoms with E-state index in [2.05, 4.69) is 0 Å². The van der Waals surface area contributed by atoms with Crippen LogP contribution in [0.3, 0.4) is 0 Å². The van der Waals surface area contributed by atoms with Gasteiger partial charge in [-0.1, -0.05) is 6.92 Å². The van der Waals surface area contributed by atoms with Crippen molar-refractivity contribution in [2.75, 3.05) is 0 Å². The summed E-state index contributed by atoms with van der Waals surface area (Å²) in [5.74, 6) is -12.1. The fourth-order valence-electron chi connectivity index (χ4n) is 1.24. The Hall–Kier alpha value is -1.92. The van der Waals surface area contributed by atoms with Crippen LogP contribution in [0.1, 0.15) is 18.9 Å². The fourth-order valence-corrected chi connectivity index (χ4v) is 1.24. The lowest BCUT2D eigenvalue weighted by molar-refractivity contribution is -0.132. The molecule has 18 heavy (non-hydrogen) atoms. The largest absolute Gasteiger partial charge is 0.478 e. The third-order valence-corrected chi connectivity index (χ3v) is 2.22. The highest BCUT2D eigenvalue weighted by atomic mass is 19.2. The van der Waals surface area contributed by atoms with Crippen LogP contribution in [0.2, 0.25) is 0 Å². The summed E-state index contributed by atoms with van der Waals surface area (Å²) in [5, 5.41) is 8.63. The van der Waals surface area contributed by atoms with Gasteiger partial charge in [0.05, 0.1) is 5.56 Å². The predicted octanol–water partition coefficient (Wildman–Crippen LogP) is 3.26. The molecule has 0 aliphatic rings. The third-order valence-electron chi connectivity index (χ3n) is 2.22. The Labute approximate surface area is 98.3 Å². The van der Waals surface area contributed by atoms with Gasteiger partial charge >= 0.3 is 5.97 Å². The SMILES string of the molecule is CC/C(=C\c1c(F)c(F)c(F)c(F)c1F)C(=O)O. The molecule has 0 spiro atoms. The van der Waals surface area contributed by atoms with Crippen LogP contribution in [-0.2, 0) is 4.79 Å². The summed E-state index contributed by atoms with van der Waals surface area (Å²) in [5.41, 5.74) is -1.73. The summed E-state index contributed by atoms with van der Waals surface area (Å²) in [6, 6.07) is 0. The molecule has 0 radical (unpaired) electrons. The maximum absolute atomic E-state index is 13.2. The monoisotopic (exact) mass is 266 g/mol. The van der Waals surface area contributed by atoms with Crippen LogP contribution in [0.5, 0.6) is 0 Å². The van der Waals surface area contributed by atoms with Gasteiger partial charge in [-0.15, -0.1) is 0 Å². The smallest absolute Gasteiger partial charge is 0.331 e. The Morgan fingerprint density at radius 3 is 1.72 bits per heavy atom. The topological polar surface area (TPSA) is 37.3 Å². The number of hydrogen-bond donors (Lipinski definition) is 1. The van der Waals surface area contributed by atoms with E-state index in [-0.39, 0.29) is 6.42 Å². The van der Waals surface area contributed by atoms with Gasteiger partial charge in [0.15, 0.2) is 23.3 Å². The van der Waals surface area contributed by atoms with Crippen LogP contribution >= 0.6 is 0 Å². The summed E-state index contributed by atoms with van der Waals surface area (Å²) in [6.45, 7) is 1.37. The zero-order valence-corrected chi connectivity index (χ0v) is 9.03. The molecule has 1 rings (SSSR count). The first-order chi connectivity index (χ1) is 8.31. The van der Waals surface area contributed by atoms with E-state index in [1.807, 2.05) is 0 Å². The molecule has 2 nitrogen and oxygen atoms in total. The number of aliphatic carboxylic acids is 1. The van der Waals surface area contributed by atoms with Crippen molar-refractivity contribution >= 4 is 12.0 Å². The van der Waals surface area contributed by atoms with Crippen molar-refractivity contribution < 1.29 is 31.9 Å². The zero-order chi connectivity index (χ0) is 14.0. The van der Waals surface area contributed by atoms with Gasteiger partial charge in [0.1, 0.15) is 0 Å². The second kappa shape index (κ2) is 5.16. The number of carboxylic acid groups (broad SMARTS) is 1. The van der Waals surface area contributed by atoms with Crippen LogP contribution in [0.15, 0.2) is 5.57 Å². The molecular formula is C11H7F5O2. The summed E-state index contributed by atoms with van der Waals surface area (Å²) >= 11 is 0. The molecular weight excluding hydrogens is 259 g/mol. The number of halogens is 5. The van der Waals surface area contributed by atoms with E-state index in [1.165, 1.54) is 6.92 Å². The first kappa shape index (κ1) is 14.1. The Kier molecular flexibility index (Phi) is 4.05. The van der Waals surface area contributed by atoms with Crippen molar-refractivity contribution in [3.05, 3.63) is 40.2 Å². The van der Waals surface area contributed by atoms with E-state index >= 15 is 0 Å². The van der Waals surface area contributed by atoms with Crippen LogP contribution in [-0.4, -0.2) is 11.1 Å². The molecule has 0 aliphatic heterocycles. The number of hydrogen-bond acceptors (Lipinski definition) is 1. The normalized spacial score (nSPS) is 11.8. The van der Waals surface area contributed by atoms with Crippen molar-refractivity contribution in [1.82, 2.24) is 0 Å². The molecule has 0 bridgehead atoms. The Bertz CT molecular complexity index is 508. The minimum atomic E-state index is -2.28. The Morgan fingerprint density at radius 2 is 1.39 bits per heavy atom. The first-order valence-electron chi connectivity index (χ1n) is 4.76. The summed E-state index contributed by atoms with van der Waals surface area (Å²) in [6.07, 6.45) is 0.299. The Balaban J connectivity index is 3.56. The van der Waals surface area contributed by atoms with Crippen molar-refractivity contribution in [2.45, 2.75) is 13.3 Å². The summed E-state index contributed by atoms with van der Waals surface area (Å²) < 4.78 is 64.8. The summed E-state index contributed by atoms with van der Waals surface area (Å²) in [4.78, 5) is 10.6. The third kappa shape index (κ3) is 2.34. The van der Waals surface area contributed by atoms with Crippen molar-refractivity contribution in [2.24, 2.45) is 0 Å². The Morgan fingerprint density at radius 1 is 1.00 bits per heavy atom. The van der Waals surface area contributed by atoms with Crippen molar-refractivity contribution in [3.63, 3.8) is 0 Å². The molecule has 0 unspecified atom stereocenters. The van der Waals surface area contributed by atoms with Crippen LogP contribution in [0.4, 0.5) is 22.0 Å². The molecule has 0 heterocycles. The summed E-state index contributed by atoms with van der Waals surface area (Å²) in [7, 11) is 0. The minimum Gasteiger partial charge on any atom is -0.478 e. The number of carboxylic acids is 1. The highest BCUT2D eigenvalue weighted by Gasteiger charge is 2.25. The second-order valence-electron chi connectivity index (χ2n) is 3.31. The van der Waals surface area contributed by atoms with E-state index in [0.717, 1.165) is 0 Å². The van der Waals surface area contributed by atoms with E-state index in [1.54, 1.807) is 0 Å². The molecule has 0 saturated carbocycles. The van der Waals surface area contributed by atoms with Gasteiger partial charge in [-0.25, -0.2) is 26.7 Å². The minimum absolute atomic E-state index is 0.130. The second-order valence-corrected chi connectivity index (χ2v) is 3.31. The number of carbonyl (C=O) groups is 1. The molecule has 0 atom stereocenters. The standard InChI is InChI=1S/C11H7F5O2/c1-2-4(11(17)18)3-5-6(12)8(14)10(16)9(15)7(5)13/h3H,2H2,1H3,(H,17,18)/b4-3+. The lowest BCUT2D eigenvalue weighted by Gasteiger charge is -2.05. The fraction of sp³-hybridized carbons (Fsp3) is 0.182. The van der Waals surface area contributed by atoms with E-state index in [9.17, 15) is 26.7 Å². The molecule has 0 aromatic heterocycles. The van der Waals surface area contributed by atoms with Gasteiger partial charge in [-0.05, 0) is 12.5 Å². The quantitative estimate of drug-likeness (QED) is 0.394. The lowest BCUT2D eigenvalue weighted by atomic mass is 10.1. The highest BCUT2D eigenvalue weighted by Crippen LogP contribution is 2.25. The van der Waals surface area contributed by atoms with Crippen LogP contribution in [0, 0.1) is 29.1 Å². The number of benzene rings is 1. The van der Waals surface area contributed by atoms with Gasteiger partial charge in [0, 0.05) is 5.57 Å². The maximum Gasteiger partial charge on any atom is 0.331 e. The van der Waals surface area contributed by atoms with Crippen molar-refractivity contribution in [1.29, 1.82) is 0 Å². The van der Waals surface area contributed by atoms with Crippen LogP contribution < -0.4 is 0 Å². The average molecular weight is 266 g/mol. The molecule has 0 fully saturated rings. The highest BCUT2D eigenvalue weighted by molar-refractivity contribution is 5.92. The molecule has 0 aliphatic carbocycles. The molecule has 0 amide bonds. The van der Waals surface area contributed by atoms with E-state index in [0.29, 0.717) is 6.08 Å². The molecule has 0 saturated heterocycles. The van der Waals surface area contributed by atoms with Gasteiger partial charge < -0.3 is 5.11 Å². The van der Waals surface area contributed by atoms with E-state index in [4.69, 9.17) is 5.11 Å². The van der Waals surface area contributed by atoms with Crippen LogP contribution in [0.25, 0.3) is 6.08 Å².